The Morgan fingerprint density at radius 1 is 0.870 bits per heavy atom. The van der Waals surface area contributed by atoms with E-state index in [9.17, 15) is 0 Å². The average molecular weight is 439 g/mol. The molecule has 0 fully saturated rings. The molecule has 0 aromatic rings. The topological polar surface area (TPSA) is 68.2 Å². The van der Waals surface area contributed by atoms with Crippen LogP contribution in [0.15, 0.2) is 0 Å². The van der Waals surface area contributed by atoms with Gasteiger partial charge in [-0.3, -0.25) is 0 Å². The normalized spacial score (nSPS) is 14.0. The highest BCUT2D eigenvalue weighted by atomic mass is 31.3. The summed E-state index contributed by atoms with van der Waals surface area (Å²) >= 11 is 0. The zero-order valence-corrected chi connectivity index (χ0v) is 23.0. The molecule has 0 bridgehead atoms. The van der Waals surface area contributed by atoms with Crippen molar-refractivity contribution in [3.63, 3.8) is 0 Å². The summed E-state index contributed by atoms with van der Waals surface area (Å²) in [5.74, 6) is 0. The van der Waals surface area contributed by atoms with Crippen molar-refractivity contribution in [2.24, 2.45) is 0 Å². The van der Waals surface area contributed by atoms with Crippen molar-refractivity contribution in [3.05, 3.63) is 0 Å². The van der Waals surface area contributed by atoms with Crippen LogP contribution in [0.2, 0.25) is 58.9 Å². The lowest BCUT2D eigenvalue weighted by Crippen LogP contribution is -2.49. The third-order valence-corrected chi connectivity index (χ3v) is 15.1. The molecular formula is C12H43O5PSi5. The van der Waals surface area contributed by atoms with E-state index in [1.807, 2.05) is 6.66 Å². The molecule has 0 aliphatic heterocycles. The average Bonchev–Trinajstić information content (AvgIpc) is 2.25. The van der Waals surface area contributed by atoms with E-state index in [2.05, 4.69) is 58.9 Å². The van der Waals surface area contributed by atoms with Gasteiger partial charge in [-0.1, -0.05) is 7.43 Å². The van der Waals surface area contributed by atoms with Gasteiger partial charge in [-0.05, 0) is 65.6 Å². The Kier molecular flexibility index (Phi) is 21.7. The molecule has 0 spiro atoms. The van der Waals surface area contributed by atoms with Crippen molar-refractivity contribution in [3.8, 4) is 0 Å². The van der Waals surface area contributed by atoms with Crippen LogP contribution in [0, 0.1) is 0 Å². The maximum atomic E-state index is 8.03. The van der Waals surface area contributed by atoms with Gasteiger partial charge in [0, 0.05) is 7.11 Å². The summed E-state index contributed by atoms with van der Waals surface area (Å²) in [5, 5.41) is 7.00. The van der Waals surface area contributed by atoms with Crippen LogP contribution >= 0.6 is 8.13 Å². The van der Waals surface area contributed by atoms with Crippen LogP contribution in [0.4, 0.5) is 0 Å². The van der Waals surface area contributed by atoms with Crippen LogP contribution in [0.25, 0.3) is 0 Å². The number of rotatable bonds is 7. The molecule has 146 valence electrons. The van der Waals surface area contributed by atoms with Gasteiger partial charge in [0.15, 0.2) is 26.1 Å². The molecule has 5 nitrogen and oxygen atoms in total. The van der Waals surface area contributed by atoms with Gasteiger partial charge in [0.05, 0.1) is 0 Å². The molecule has 0 aromatic carbocycles. The van der Waals surface area contributed by atoms with Crippen molar-refractivity contribution < 1.29 is 22.2 Å². The number of aliphatic hydroxyl groups is 1. The van der Waals surface area contributed by atoms with Crippen LogP contribution in [0.5, 0.6) is 0 Å². The van der Waals surface area contributed by atoms with Crippen LogP contribution in [-0.2, 0) is 12.3 Å². The summed E-state index contributed by atoms with van der Waals surface area (Å²) in [7, 11) is -5.18. The van der Waals surface area contributed by atoms with Gasteiger partial charge in [0.2, 0.25) is 0 Å². The highest BCUT2D eigenvalue weighted by molar-refractivity contribution is 7.68. The Morgan fingerprint density at radius 2 is 1.22 bits per heavy atom. The molecule has 23 heavy (non-hydrogen) atoms. The van der Waals surface area contributed by atoms with Gasteiger partial charge in [-0.15, -0.1) is 8.13 Å². The fraction of sp³-hybridized carbons (Fsp3) is 1.00. The maximum Gasteiger partial charge on any atom is 0.312 e. The zero-order valence-electron chi connectivity index (χ0n) is 16.4. The van der Waals surface area contributed by atoms with E-state index in [1.165, 1.54) is 0 Å². The third-order valence-electron chi connectivity index (χ3n) is 1.68. The minimum absolute atomic E-state index is 0. The first-order chi connectivity index (χ1) is 9.72. The highest BCUT2D eigenvalue weighted by Gasteiger charge is 2.34. The molecule has 0 aliphatic carbocycles. The number of hydrogen-bond acceptors (Lipinski definition) is 5. The van der Waals surface area contributed by atoms with Crippen LogP contribution < -0.4 is 0 Å². The minimum atomic E-state index is -1.98. The van der Waals surface area contributed by atoms with E-state index < -0.39 is 43.9 Å². The van der Waals surface area contributed by atoms with Crippen molar-refractivity contribution in [2.45, 2.75) is 66.3 Å². The molecule has 0 heterocycles. The van der Waals surface area contributed by atoms with E-state index in [-0.39, 0.29) is 7.43 Å². The van der Waals surface area contributed by atoms with E-state index in [1.54, 1.807) is 0 Å². The van der Waals surface area contributed by atoms with Gasteiger partial charge in [-0.2, -0.15) is 0 Å². The maximum absolute atomic E-state index is 8.03. The smallest absolute Gasteiger partial charge is 0.312 e. The lowest BCUT2D eigenvalue weighted by atomic mass is 11.8. The predicted molar refractivity (Wildman–Crippen MR) is 120 cm³/mol. The third kappa shape index (κ3) is 31.6. The Hall–Kier alpha value is 1.31. The summed E-state index contributed by atoms with van der Waals surface area (Å²) in [6, 6.07) is 0. The van der Waals surface area contributed by atoms with Gasteiger partial charge >= 0.3 is 8.56 Å². The lowest BCUT2D eigenvalue weighted by molar-refractivity contribution is 0.352. The second kappa shape index (κ2) is 15.6. The van der Waals surface area contributed by atoms with Crippen molar-refractivity contribution in [1.82, 2.24) is 0 Å². The fourth-order valence-corrected chi connectivity index (χ4v) is 16.0. The van der Waals surface area contributed by atoms with E-state index in [0.717, 1.165) is 15.2 Å². The monoisotopic (exact) mass is 438 g/mol. The summed E-state index contributed by atoms with van der Waals surface area (Å²) in [5.41, 5.74) is 0. The molecule has 0 radical (unpaired) electrons. The Balaban J connectivity index is -0.000000223. The quantitative estimate of drug-likeness (QED) is 0.472. The summed E-state index contributed by atoms with van der Waals surface area (Å²) in [4.78, 5) is 8.03. The van der Waals surface area contributed by atoms with Gasteiger partial charge in [0.25, 0.3) is 9.28 Å². The van der Waals surface area contributed by atoms with Crippen LogP contribution in [-0.4, -0.2) is 67.6 Å². The predicted octanol–water partition coefficient (Wildman–Crippen LogP) is 2.79. The van der Waals surface area contributed by atoms with Crippen LogP contribution in [0.1, 0.15) is 7.43 Å². The highest BCUT2D eigenvalue weighted by Crippen LogP contribution is 2.17. The van der Waals surface area contributed by atoms with Crippen molar-refractivity contribution in [2.75, 3.05) is 13.8 Å². The SMILES string of the molecule is C.CO.CP[SiH2]O.C[SiH](O[Si](C)(C)C)O[Si](C)(C)O[Si](C)(C)C. The van der Waals surface area contributed by atoms with Crippen LogP contribution in [0.3, 0.4) is 0 Å². The fourth-order valence-electron chi connectivity index (χ4n) is 1.68. The van der Waals surface area contributed by atoms with Gasteiger partial charge < -0.3 is 22.2 Å². The van der Waals surface area contributed by atoms with Gasteiger partial charge in [0.1, 0.15) is 0 Å². The number of hydrogen-bond donors (Lipinski definition) is 2. The van der Waals surface area contributed by atoms with E-state index in [4.69, 9.17) is 22.2 Å². The van der Waals surface area contributed by atoms with E-state index >= 15 is 0 Å². The standard InChI is InChI=1S/C9H28O3Si4.CH7OPSi.CH4O.CH4/c1-13(10-14(2,3)4)11-16(8,9)12-15(5,6)7;1-3-4-2;1-2;/h13H,1-9H3;2-3H,4H2,1H3;2H,1H3;1H4. The zero-order chi connectivity index (χ0) is 18.6. The molecule has 0 aliphatic rings. The molecule has 0 saturated heterocycles. The molecule has 2 atom stereocenters. The number of aliphatic hydroxyl groups excluding tert-OH is 1. The molecule has 0 amide bonds. The summed E-state index contributed by atoms with van der Waals surface area (Å²) < 4.78 is 18.2. The molecular weight excluding hydrogens is 396 g/mol. The van der Waals surface area contributed by atoms with Crippen molar-refractivity contribution >= 4 is 52.0 Å². The molecule has 0 aromatic heterocycles. The molecule has 0 rings (SSSR count). The Bertz CT molecular complexity index is 257. The summed E-state index contributed by atoms with van der Waals surface area (Å²) in [6.07, 6.45) is 0. The van der Waals surface area contributed by atoms with Gasteiger partial charge in [-0.25, -0.2) is 0 Å². The molecule has 11 heteroatoms. The molecule has 2 N–H and O–H groups in total. The largest absolute Gasteiger partial charge is 0.439 e. The molecule has 0 saturated carbocycles. The first-order valence-electron chi connectivity index (χ1n) is 7.48. The molecule has 2 unspecified atom stereocenters. The lowest BCUT2D eigenvalue weighted by Gasteiger charge is -2.34. The van der Waals surface area contributed by atoms with Crippen molar-refractivity contribution in [1.29, 1.82) is 0 Å². The first kappa shape index (κ1) is 32.0. The first-order valence-corrected chi connectivity index (χ1v) is 23.7. The van der Waals surface area contributed by atoms with E-state index in [0.29, 0.717) is 0 Å². The Labute approximate surface area is 154 Å². The minimum Gasteiger partial charge on any atom is -0.439 e. The summed E-state index contributed by atoms with van der Waals surface area (Å²) in [6.45, 7) is 21.6. The second-order valence-electron chi connectivity index (χ2n) is 7.04. The Morgan fingerprint density at radius 3 is 1.43 bits per heavy atom. The second-order valence-corrected chi connectivity index (χ2v) is 26.2.